The summed E-state index contributed by atoms with van der Waals surface area (Å²) in [6.45, 7) is 7.44. The van der Waals surface area contributed by atoms with Crippen molar-refractivity contribution in [2.75, 3.05) is 19.6 Å². The summed E-state index contributed by atoms with van der Waals surface area (Å²) in [7, 11) is 0. The van der Waals surface area contributed by atoms with Crippen LogP contribution in [-0.4, -0.2) is 46.1 Å². The van der Waals surface area contributed by atoms with Crippen LogP contribution in [0, 0.1) is 0 Å². The van der Waals surface area contributed by atoms with Crippen LogP contribution in [0.15, 0.2) is 0 Å². The summed E-state index contributed by atoms with van der Waals surface area (Å²) in [6, 6.07) is 0.726. The van der Waals surface area contributed by atoms with Crippen molar-refractivity contribution in [3.05, 3.63) is 10.6 Å². The van der Waals surface area contributed by atoms with Gasteiger partial charge in [-0.05, 0) is 63.6 Å². The maximum atomic E-state index is 12.0. The zero-order valence-corrected chi connectivity index (χ0v) is 13.9. The lowest BCUT2D eigenvalue weighted by Crippen LogP contribution is -2.38. The molecular formula is C15H26N4OS. The smallest absolute Gasteiger partial charge is 0.264 e. The Balaban J connectivity index is 1.62. The molecule has 0 bridgehead atoms. The van der Waals surface area contributed by atoms with Crippen molar-refractivity contribution < 1.29 is 4.79 Å². The summed E-state index contributed by atoms with van der Waals surface area (Å²) in [4.78, 5) is 15.3. The number of hydrogen-bond acceptors (Lipinski definition) is 5. The molecule has 1 aromatic heterocycles. The Labute approximate surface area is 131 Å². The molecule has 2 heterocycles. The van der Waals surface area contributed by atoms with E-state index in [1.54, 1.807) is 0 Å². The second-order valence-corrected chi connectivity index (χ2v) is 6.50. The number of piperidine rings is 1. The van der Waals surface area contributed by atoms with Gasteiger partial charge in [-0.1, -0.05) is 17.8 Å². The van der Waals surface area contributed by atoms with Crippen LogP contribution in [0.2, 0.25) is 0 Å². The van der Waals surface area contributed by atoms with E-state index in [1.165, 1.54) is 37.3 Å². The Bertz CT molecular complexity index is 449. The molecule has 118 valence electrons. The van der Waals surface area contributed by atoms with E-state index in [0.29, 0.717) is 4.88 Å². The van der Waals surface area contributed by atoms with Crippen molar-refractivity contribution >= 4 is 17.4 Å². The molecule has 0 aromatic carbocycles. The molecule has 1 amide bonds. The summed E-state index contributed by atoms with van der Waals surface area (Å²) in [6.07, 6.45) is 6.96. The van der Waals surface area contributed by atoms with Crippen molar-refractivity contribution in [1.29, 1.82) is 0 Å². The molecule has 0 radical (unpaired) electrons. The van der Waals surface area contributed by atoms with E-state index >= 15 is 0 Å². The van der Waals surface area contributed by atoms with Crippen molar-refractivity contribution in [3.8, 4) is 0 Å². The number of unbranched alkanes of at least 4 members (excludes halogenated alkanes) is 1. The van der Waals surface area contributed by atoms with Crippen LogP contribution in [0.25, 0.3) is 0 Å². The van der Waals surface area contributed by atoms with Crippen LogP contribution in [0.3, 0.4) is 0 Å². The number of aromatic nitrogens is 2. The fraction of sp³-hybridized carbons (Fsp3) is 0.800. The molecule has 1 saturated heterocycles. The van der Waals surface area contributed by atoms with Crippen LogP contribution in [0.5, 0.6) is 0 Å². The molecule has 1 aliphatic heterocycles. The number of aryl methyl sites for hydroxylation is 1. The summed E-state index contributed by atoms with van der Waals surface area (Å²) >= 11 is 1.19. The van der Waals surface area contributed by atoms with Crippen molar-refractivity contribution in [2.45, 2.75) is 58.4 Å². The maximum absolute atomic E-state index is 12.0. The number of nitrogens with one attached hydrogen (secondary N) is 1. The van der Waals surface area contributed by atoms with Gasteiger partial charge in [-0.25, -0.2) is 0 Å². The Hall–Kier alpha value is -1.01. The van der Waals surface area contributed by atoms with E-state index in [9.17, 15) is 4.79 Å². The van der Waals surface area contributed by atoms with Gasteiger partial charge in [0.2, 0.25) is 0 Å². The summed E-state index contributed by atoms with van der Waals surface area (Å²) in [5.74, 6) is -0.0202. The highest BCUT2D eigenvalue weighted by atomic mass is 32.1. The fourth-order valence-electron chi connectivity index (χ4n) is 2.82. The van der Waals surface area contributed by atoms with E-state index in [1.807, 2.05) is 6.92 Å². The largest absolute Gasteiger partial charge is 0.351 e. The van der Waals surface area contributed by atoms with E-state index < -0.39 is 0 Å². The van der Waals surface area contributed by atoms with Crippen LogP contribution >= 0.6 is 11.5 Å². The summed E-state index contributed by atoms with van der Waals surface area (Å²) < 4.78 is 3.85. The Morgan fingerprint density at radius 3 is 3.05 bits per heavy atom. The molecule has 1 N–H and O–H groups in total. The highest BCUT2D eigenvalue weighted by Gasteiger charge is 2.17. The SMILES string of the molecule is CCc1nnsc1C(=O)NCCCCN1CCCC[C@H]1C. The average Bonchev–Trinajstić information content (AvgIpc) is 2.97. The fourth-order valence-corrected chi connectivity index (χ4v) is 3.49. The summed E-state index contributed by atoms with van der Waals surface area (Å²) in [5, 5.41) is 6.95. The molecule has 1 fully saturated rings. The lowest BCUT2D eigenvalue weighted by molar-refractivity contribution is 0.0954. The van der Waals surface area contributed by atoms with Crippen LogP contribution in [-0.2, 0) is 6.42 Å². The van der Waals surface area contributed by atoms with Crippen LogP contribution < -0.4 is 5.32 Å². The number of likely N-dealkylation sites (tertiary alicyclic amines) is 1. The first-order valence-electron chi connectivity index (χ1n) is 8.05. The molecule has 1 aromatic rings. The van der Waals surface area contributed by atoms with E-state index in [4.69, 9.17) is 0 Å². The van der Waals surface area contributed by atoms with E-state index in [2.05, 4.69) is 26.7 Å². The molecule has 2 rings (SSSR count). The van der Waals surface area contributed by atoms with Gasteiger partial charge in [0.05, 0.1) is 5.69 Å². The molecule has 0 spiro atoms. The third-order valence-electron chi connectivity index (χ3n) is 4.20. The van der Waals surface area contributed by atoms with Crippen LogP contribution in [0.1, 0.15) is 61.3 Å². The monoisotopic (exact) mass is 310 g/mol. The zero-order valence-electron chi connectivity index (χ0n) is 13.1. The van der Waals surface area contributed by atoms with Crippen molar-refractivity contribution in [2.24, 2.45) is 0 Å². The minimum Gasteiger partial charge on any atom is -0.351 e. The number of amides is 1. The standard InChI is InChI=1S/C15H26N4OS/c1-3-13-14(21-18-17-13)15(20)16-9-5-7-11-19-10-6-4-8-12(19)2/h12H,3-11H2,1-2H3,(H,16,20)/t12-/m1/s1. The average molecular weight is 310 g/mol. The Morgan fingerprint density at radius 1 is 1.43 bits per heavy atom. The second-order valence-electron chi connectivity index (χ2n) is 5.75. The van der Waals surface area contributed by atoms with E-state index in [-0.39, 0.29) is 5.91 Å². The molecule has 1 atom stereocenters. The van der Waals surface area contributed by atoms with Gasteiger partial charge in [0.15, 0.2) is 0 Å². The first-order chi connectivity index (χ1) is 10.2. The van der Waals surface area contributed by atoms with Crippen molar-refractivity contribution in [3.63, 3.8) is 0 Å². The van der Waals surface area contributed by atoms with Gasteiger partial charge in [0, 0.05) is 12.6 Å². The molecular weight excluding hydrogens is 284 g/mol. The number of nitrogens with zero attached hydrogens (tertiary/aromatic N) is 3. The van der Waals surface area contributed by atoms with Gasteiger partial charge in [-0.2, -0.15) is 0 Å². The number of hydrogen-bond donors (Lipinski definition) is 1. The molecule has 0 saturated carbocycles. The highest BCUT2D eigenvalue weighted by Crippen LogP contribution is 2.16. The molecule has 6 heteroatoms. The van der Waals surface area contributed by atoms with Gasteiger partial charge in [0.25, 0.3) is 5.91 Å². The quantitative estimate of drug-likeness (QED) is 0.786. The van der Waals surface area contributed by atoms with Gasteiger partial charge in [0.1, 0.15) is 4.88 Å². The van der Waals surface area contributed by atoms with Gasteiger partial charge >= 0.3 is 0 Å². The van der Waals surface area contributed by atoms with Crippen LogP contribution in [0.4, 0.5) is 0 Å². The van der Waals surface area contributed by atoms with Gasteiger partial charge < -0.3 is 10.2 Å². The third-order valence-corrected chi connectivity index (χ3v) is 4.96. The second kappa shape index (κ2) is 8.44. The number of rotatable bonds is 7. The molecule has 0 aliphatic carbocycles. The lowest BCUT2D eigenvalue weighted by atomic mass is 10.0. The Morgan fingerprint density at radius 2 is 2.29 bits per heavy atom. The first kappa shape index (κ1) is 16.4. The Kier molecular flexibility index (Phi) is 6.57. The third kappa shape index (κ3) is 4.74. The predicted octanol–water partition coefficient (Wildman–Crippen LogP) is 2.48. The summed E-state index contributed by atoms with van der Waals surface area (Å²) in [5.41, 5.74) is 0.805. The molecule has 1 aliphatic rings. The predicted molar refractivity (Wildman–Crippen MR) is 85.7 cm³/mol. The molecule has 0 unspecified atom stereocenters. The lowest BCUT2D eigenvalue weighted by Gasteiger charge is -2.33. The normalized spacial score (nSPS) is 19.6. The molecule has 5 nitrogen and oxygen atoms in total. The van der Waals surface area contributed by atoms with E-state index in [0.717, 1.165) is 44.1 Å². The number of carbonyl (C=O) groups excluding carboxylic acids is 1. The number of carbonyl (C=O) groups is 1. The first-order valence-corrected chi connectivity index (χ1v) is 8.83. The maximum Gasteiger partial charge on any atom is 0.264 e. The zero-order chi connectivity index (χ0) is 15.1. The van der Waals surface area contributed by atoms with Crippen molar-refractivity contribution in [1.82, 2.24) is 19.8 Å². The highest BCUT2D eigenvalue weighted by molar-refractivity contribution is 7.08. The minimum absolute atomic E-state index is 0.0202. The van der Waals surface area contributed by atoms with Gasteiger partial charge in [-0.3, -0.25) is 4.79 Å². The minimum atomic E-state index is -0.0202. The topological polar surface area (TPSA) is 58.1 Å². The molecule has 21 heavy (non-hydrogen) atoms. The van der Waals surface area contributed by atoms with Gasteiger partial charge in [-0.15, -0.1) is 5.10 Å².